The molecule has 0 bridgehead atoms. The zero-order valence-corrected chi connectivity index (χ0v) is 21.8. The number of nitrogens with zero attached hydrogens (tertiary/aromatic N) is 1. The molecule has 2 atom stereocenters. The lowest BCUT2D eigenvalue weighted by molar-refractivity contribution is -0.138. The highest BCUT2D eigenvalue weighted by atomic mass is 16.4. The van der Waals surface area contributed by atoms with Crippen LogP contribution in [0.3, 0.4) is 0 Å². The van der Waals surface area contributed by atoms with E-state index in [1.54, 1.807) is 36.4 Å². The van der Waals surface area contributed by atoms with Gasteiger partial charge in [-0.1, -0.05) is 42.5 Å². The van der Waals surface area contributed by atoms with Crippen molar-refractivity contribution >= 4 is 46.1 Å². The van der Waals surface area contributed by atoms with Crippen LogP contribution in [0, 0.1) is 0 Å². The number of aromatic amines is 1. The largest absolute Gasteiger partial charge is 0.465 e. The first kappa shape index (κ1) is 26.5. The molecule has 0 unspecified atom stereocenters. The van der Waals surface area contributed by atoms with Crippen LogP contribution in [-0.2, 0) is 14.4 Å². The van der Waals surface area contributed by atoms with E-state index in [4.69, 9.17) is 0 Å². The fourth-order valence-electron chi connectivity index (χ4n) is 5.05. The second-order valence-electron chi connectivity index (χ2n) is 9.72. The molecule has 5 rings (SSSR count). The van der Waals surface area contributed by atoms with Crippen LogP contribution in [-0.4, -0.2) is 51.4 Å². The quantitative estimate of drug-likeness (QED) is 0.231. The van der Waals surface area contributed by atoms with Crippen molar-refractivity contribution < 1.29 is 24.3 Å². The van der Waals surface area contributed by atoms with Gasteiger partial charge in [-0.05, 0) is 60.4 Å². The van der Waals surface area contributed by atoms with Gasteiger partial charge in [0, 0.05) is 41.4 Å². The first-order chi connectivity index (χ1) is 19.3. The summed E-state index contributed by atoms with van der Waals surface area (Å²) in [6, 6.07) is 21.8. The summed E-state index contributed by atoms with van der Waals surface area (Å²) >= 11 is 0. The van der Waals surface area contributed by atoms with Crippen LogP contribution >= 0.6 is 0 Å². The van der Waals surface area contributed by atoms with E-state index in [-0.39, 0.29) is 11.8 Å². The zero-order chi connectivity index (χ0) is 28.2. The third-order valence-corrected chi connectivity index (χ3v) is 6.89. The number of nitrogens with one attached hydrogen (secondary N) is 4. The van der Waals surface area contributed by atoms with Gasteiger partial charge in [0.2, 0.25) is 11.8 Å². The van der Waals surface area contributed by atoms with Crippen molar-refractivity contribution in [2.24, 2.45) is 0 Å². The molecule has 0 radical (unpaired) electrons. The number of carboxylic acid groups (broad SMARTS) is 1. The fourth-order valence-corrected chi connectivity index (χ4v) is 5.05. The molecular formula is C30H29N5O5. The molecule has 1 saturated heterocycles. The van der Waals surface area contributed by atoms with Crippen LogP contribution < -0.4 is 16.0 Å². The third-order valence-electron chi connectivity index (χ3n) is 6.89. The summed E-state index contributed by atoms with van der Waals surface area (Å²) in [6.07, 6.45) is -0.193. The van der Waals surface area contributed by atoms with E-state index in [9.17, 15) is 24.3 Å². The maximum Gasteiger partial charge on any atom is 0.405 e. The molecule has 0 spiro atoms. The van der Waals surface area contributed by atoms with Gasteiger partial charge in [0.05, 0.1) is 0 Å². The number of anilines is 2. The number of carbonyl (C=O) groups is 4. The van der Waals surface area contributed by atoms with Gasteiger partial charge in [0.15, 0.2) is 0 Å². The average Bonchev–Trinajstić information content (AvgIpc) is 3.59. The van der Waals surface area contributed by atoms with Crippen molar-refractivity contribution in [2.45, 2.75) is 31.8 Å². The first-order valence-electron chi connectivity index (χ1n) is 12.9. The molecule has 204 valence electrons. The first-order valence-corrected chi connectivity index (χ1v) is 12.9. The summed E-state index contributed by atoms with van der Waals surface area (Å²) in [5.74, 6) is -0.913. The maximum atomic E-state index is 13.4. The summed E-state index contributed by atoms with van der Waals surface area (Å²) < 4.78 is 0. The van der Waals surface area contributed by atoms with Crippen molar-refractivity contribution in [3.05, 3.63) is 84.4 Å². The Hall–Kier alpha value is -5.12. The Kier molecular flexibility index (Phi) is 7.50. The van der Waals surface area contributed by atoms with Gasteiger partial charge >= 0.3 is 6.09 Å². The van der Waals surface area contributed by atoms with E-state index in [2.05, 4.69) is 20.9 Å². The molecule has 1 aliphatic heterocycles. The minimum Gasteiger partial charge on any atom is -0.465 e. The number of hydrogen-bond acceptors (Lipinski definition) is 4. The Balaban J connectivity index is 1.31. The predicted molar refractivity (Wildman–Crippen MR) is 152 cm³/mol. The molecule has 4 amide bonds. The van der Waals surface area contributed by atoms with E-state index in [0.29, 0.717) is 36.3 Å². The van der Waals surface area contributed by atoms with E-state index >= 15 is 0 Å². The van der Waals surface area contributed by atoms with Crippen molar-refractivity contribution in [1.82, 2.24) is 15.2 Å². The second-order valence-corrected chi connectivity index (χ2v) is 9.72. The minimum absolute atomic E-state index is 0.133. The summed E-state index contributed by atoms with van der Waals surface area (Å²) in [5.41, 5.74) is 4.54. The van der Waals surface area contributed by atoms with Crippen molar-refractivity contribution in [2.75, 3.05) is 17.2 Å². The number of amides is 4. The summed E-state index contributed by atoms with van der Waals surface area (Å²) in [4.78, 5) is 54.3. The predicted octanol–water partition coefficient (Wildman–Crippen LogP) is 4.73. The van der Waals surface area contributed by atoms with Crippen LogP contribution in [0.1, 0.15) is 31.4 Å². The standard InChI is InChI=1S/C30H29N5O5/c1-18(36)31-22-11-9-19(10-12-22)25-17-21-16-23(13-14-24(21)33-25)32-28(37)26-8-5-15-35(26)29(38)27(34-30(39)40)20-6-3-2-4-7-20/h2-4,6-7,9-14,16-17,26-27,33-34H,5,8,15H2,1H3,(H,31,36)(H,32,37)(H,39,40)/t26-,27+/m0/s1. The van der Waals surface area contributed by atoms with Crippen LogP contribution in [0.5, 0.6) is 0 Å². The lowest BCUT2D eigenvalue weighted by atomic mass is 10.0. The van der Waals surface area contributed by atoms with E-state index < -0.39 is 24.1 Å². The van der Waals surface area contributed by atoms with Gasteiger partial charge in [-0.25, -0.2) is 4.79 Å². The topological polar surface area (TPSA) is 144 Å². The molecule has 1 aromatic heterocycles. The molecule has 3 aromatic carbocycles. The molecule has 5 N–H and O–H groups in total. The van der Waals surface area contributed by atoms with Gasteiger partial charge in [-0.2, -0.15) is 0 Å². The Bertz CT molecular complexity index is 1560. The van der Waals surface area contributed by atoms with Crippen molar-refractivity contribution in [3.63, 3.8) is 0 Å². The smallest absolute Gasteiger partial charge is 0.405 e. The van der Waals surface area contributed by atoms with E-state index in [0.717, 1.165) is 22.2 Å². The number of rotatable bonds is 7. The lowest BCUT2D eigenvalue weighted by Gasteiger charge is -2.28. The number of likely N-dealkylation sites (tertiary alicyclic amines) is 1. The number of hydrogen-bond donors (Lipinski definition) is 5. The van der Waals surface area contributed by atoms with Crippen molar-refractivity contribution in [1.29, 1.82) is 0 Å². The van der Waals surface area contributed by atoms with Gasteiger partial charge < -0.3 is 30.9 Å². The Morgan fingerprint density at radius 3 is 2.35 bits per heavy atom. The second kappa shape index (κ2) is 11.3. The summed E-state index contributed by atoms with van der Waals surface area (Å²) in [6.45, 7) is 1.82. The maximum absolute atomic E-state index is 13.4. The Morgan fingerprint density at radius 2 is 1.65 bits per heavy atom. The fraction of sp³-hybridized carbons (Fsp3) is 0.200. The third kappa shape index (κ3) is 5.80. The highest BCUT2D eigenvalue weighted by molar-refractivity contribution is 6.00. The molecule has 4 aromatic rings. The monoisotopic (exact) mass is 539 g/mol. The number of H-pyrrole nitrogens is 1. The van der Waals surface area contributed by atoms with Crippen molar-refractivity contribution in [3.8, 4) is 11.3 Å². The lowest BCUT2D eigenvalue weighted by Crippen LogP contribution is -2.48. The van der Waals surface area contributed by atoms with Crippen LogP contribution in [0.15, 0.2) is 78.9 Å². The Morgan fingerprint density at radius 1 is 0.925 bits per heavy atom. The number of fused-ring (bicyclic) bond motifs is 1. The molecule has 0 saturated carbocycles. The number of aromatic nitrogens is 1. The molecule has 0 aliphatic carbocycles. The van der Waals surface area contributed by atoms with Crippen LogP contribution in [0.25, 0.3) is 22.2 Å². The minimum atomic E-state index is -1.31. The van der Waals surface area contributed by atoms with Gasteiger partial charge in [0.25, 0.3) is 5.91 Å². The summed E-state index contributed by atoms with van der Waals surface area (Å²) in [5, 5.41) is 18.2. The normalized spacial score (nSPS) is 15.4. The SMILES string of the molecule is CC(=O)Nc1ccc(-c2cc3cc(NC(=O)[C@@H]4CCCN4C(=O)[C@H](NC(=O)O)c4ccccc4)ccc3[nH]2)cc1. The number of carbonyl (C=O) groups excluding carboxylic acids is 3. The molecule has 40 heavy (non-hydrogen) atoms. The van der Waals surface area contributed by atoms with Gasteiger partial charge in [-0.15, -0.1) is 0 Å². The molecular weight excluding hydrogens is 510 g/mol. The summed E-state index contributed by atoms with van der Waals surface area (Å²) in [7, 11) is 0. The Labute approximate surface area is 230 Å². The highest BCUT2D eigenvalue weighted by Gasteiger charge is 2.38. The molecule has 1 aliphatic rings. The highest BCUT2D eigenvalue weighted by Crippen LogP contribution is 2.29. The zero-order valence-electron chi connectivity index (χ0n) is 21.8. The number of benzene rings is 3. The molecule has 10 heteroatoms. The van der Waals surface area contributed by atoms with Crippen LogP contribution in [0.4, 0.5) is 16.2 Å². The molecule has 10 nitrogen and oxygen atoms in total. The average molecular weight is 540 g/mol. The van der Waals surface area contributed by atoms with Crippen LogP contribution in [0.2, 0.25) is 0 Å². The van der Waals surface area contributed by atoms with E-state index in [1.165, 1.54) is 11.8 Å². The van der Waals surface area contributed by atoms with Gasteiger partial charge in [0.1, 0.15) is 12.1 Å². The molecule has 2 heterocycles. The van der Waals surface area contributed by atoms with E-state index in [1.807, 2.05) is 42.5 Å². The molecule has 1 fully saturated rings. The van der Waals surface area contributed by atoms with Gasteiger partial charge in [-0.3, -0.25) is 14.4 Å².